The van der Waals surface area contributed by atoms with E-state index in [4.69, 9.17) is 9.84 Å². The summed E-state index contributed by atoms with van der Waals surface area (Å²) in [7, 11) is 0. The molecule has 4 aromatic carbocycles. The van der Waals surface area contributed by atoms with Gasteiger partial charge in [-0.3, -0.25) is 9.80 Å². The lowest BCUT2D eigenvalue weighted by atomic mass is 9.98. The number of thioether (sulfide) groups is 1. The van der Waals surface area contributed by atoms with Crippen molar-refractivity contribution >= 4 is 46.0 Å². The molecule has 6 nitrogen and oxygen atoms in total. The van der Waals surface area contributed by atoms with Crippen molar-refractivity contribution in [2.45, 2.75) is 19.4 Å². The lowest BCUT2D eigenvalue weighted by Gasteiger charge is -2.24. The van der Waals surface area contributed by atoms with E-state index < -0.39 is 0 Å². The van der Waals surface area contributed by atoms with Crippen LogP contribution in [0.3, 0.4) is 0 Å². The van der Waals surface area contributed by atoms with Crippen LogP contribution in [0.1, 0.15) is 36.1 Å². The van der Waals surface area contributed by atoms with Gasteiger partial charge in [0.15, 0.2) is 0 Å². The molecule has 0 radical (unpaired) electrons. The van der Waals surface area contributed by atoms with Crippen molar-refractivity contribution in [2.24, 2.45) is 10.1 Å². The molecular weight excluding hydrogens is 516 g/mol. The van der Waals surface area contributed by atoms with E-state index in [1.54, 1.807) is 0 Å². The van der Waals surface area contributed by atoms with Crippen LogP contribution in [-0.2, 0) is 0 Å². The highest BCUT2D eigenvalue weighted by Gasteiger charge is 2.30. The first-order valence-corrected chi connectivity index (χ1v) is 14.1. The van der Waals surface area contributed by atoms with Crippen molar-refractivity contribution in [1.29, 1.82) is 0 Å². The number of nitrogens with one attached hydrogen (secondary N) is 1. The van der Waals surface area contributed by atoms with Gasteiger partial charge in [-0.25, -0.2) is 4.99 Å². The van der Waals surface area contributed by atoms with Crippen LogP contribution >= 0.6 is 11.8 Å². The normalized spacial score (nSPS) is 18.7. The number of anilines is 1. The Morgan fingerprint density at radius 1 is 0.950 bits per heavy atom. The van der Waals surface area contributed by atoms with E-state index >= 15 is 0 Å². The number of hydrogen-bond donors (Lipinski definition) is 1. The van der Waals surface area contributed by atoms with E-state index in [1.165, 1.54) is 5.56 Å². The second kappa shape index (κ2) is 11.6. The number of amidine groups is 1. The van der Waals surface area contributed by atoms with Gasteiger partial charge in [0.25, 0.3) is 5.24 Å². The summed E-state index contributed by atoms with van der Waals surface area (Å²) in [5.74, 6) is 1.34. The number of rotatable bonds is 7. The molecule has 0 spiro atoms. The average Bonchev–Trinajstić information content (AvgIpc) is 3.59. The molecule has 1 N–H and O–H groups in total. The van der Waals surface area contributed by atoms with Crippen LogP contribution in [0.25, 0.3) is 6.08 Å². The number of benzene rings is 4. The maximum atomic E-state index is 12.2. The average molecular weight is 545 g/mol. The fourth-order valence-electron chi connectivity index (χ4n) is 4.79. The monoisotopic (exact) mass is 544 g/mol. The molecule has 2 aliphatic heterocycles. The van der Waals surface area contributed by atoms with Crippen LogP contribution in [0, 0.1) is 0 Å². The highest BCUT2D eigenvalue weighted by Crippen LogP contribution is 2.37. The number of hydrogen-bond acceptors (Lipinski definition) is 6. The molecule has 0 saturated carbocycles. The van der Waals surface area contributed by atoms with Crippen LogP contribution in [0.4, 0.5) is 16.2 Å². The summed E-state index contributed by atoms with van der Waals surface area (Å²) in [6.45, 7) is 2.56. The van der Waals surface area contributed by atoms with Gasteiger partial charge in [0.2, 0.25) is 0 Å². The SMILES string of the molecule is CCOc1ccc(N=C2NC(=O)SC2=Cc2ccc(N3N=C(c4ccccc4)CC3c3ccccc3)cc2)cc1. The van der Waals surface area contributed by atoms with Crippen LogP contribution in [0.15, 0.2) is 124 Å². The molecule has 0 aliphatic carbocycles. The molecule has 2 heterocycles. The minimum Gasteiger partial charge on any atom is -0.494 e. The van der Waals surface area contributed by atoms with Crippen molar-refractivity contribution in [1.82, 2.24) is 5.32 Å². The number of hydrazone groups is 1. The zero-order valence-electron chi connectivity index (χ0n) is 22.0. The Kier molecular flexibility index (Phi) is 7.46. The molecule has 1 atom stereocenters. The second-order valence-electron chi connectivity index (χ2n) is 9.39. The van der Waals surface area contributed by atoms with Crippen molar-refractivity contribution < 1.29 is 9.53 Å². The Labute approximate surface area is 238 Å². The fourth-order valence-corrected chi connectivity index (χ4v) is 5.52. The minimum atomic E-state index is -0.141. The van der Waals surface area contributed by atoms with Gasteiger partial charge in [0, 0.05) is 6.42 Å². The van der Waals surface area contributed by atoms with E-state index in [0.717, 1.165) is 57.1 Å². The first-order chi connectivity index (χ1) is 19.7. The quantitative estimate of drug-likeness (QED) is 0.256. The van der Waals surface area contributed by atoms with Crippen molar-refractivity contribution in [3.63, 3.8) is 0 Å². The number of aliphatic imine (C=N–C) groups is 1. The van der Waals surface area contributed by atoms with Crippen molar-refractivity contribution in [3.05, 3.63) is 131 Å². The number of amides is 1. The molecule has 0 aromatic heterocycles. The van der Waals surface area contributed by atoms with Crippen LogP contribution in [-0.4, -0.2) is 23.4 Å². The van der Waals surface area contributed by atoms with E-state index in [9.17, 15) is 4.79 Å². The highest BCUT2D eigenvalue weighted by atomic mass is 32.2. The highest BCUT2D eigenvalue weighted by molar-refractivity contribution is 8.18. The number of carbonyl (C=O) groups excluding carboxylic acids is 1. The summed E-state index contributed by atoms with van der Waals surface area (Å²) in [6, 6.07) is 36.7. The molecule has 40 heavy (non-hydrogen) atoms. The minimum absolute atomic E-state index is 0.112. The smallest absolute Gasteiger partial charge is 0.289 e. The zero-order chi connectivity index (χ0) is 27.3. The first-order valence-electron chi connectivity index (χ1n) is 13.3. The lowest BCUT2D eigenvalue weighted by Crippen LogP contribution is -2.18. The van der Waals surface area contributed by atoms with Gasteiger partial charge >= 0.3 is 0 Å². The van der Waals surface area contributed by atoms with E-state index in [1.807, 2.05) is 49.4 Å². The number of ether oxygens (including phenoxy) is 1. The van der Waals surface area contributed by atoms with Gasteiger partial charge in [-0.2, -0.15) is 5.10 Å². The standard InChI is InChI=1S/C33H28N4O2S/c1-2-39-28-19-15-26(16-20-28)34-32-31(40-33(38)35-32)21-23-13-17-27(18-14-23)37-30(25-11-7-4-8-12-25)22-29(36-37)24-9-5-3-6-10-24/h3-21,30H,2,22H2,1H3,(H,34,35,38). The third kappa shape index (κ3) is 5.70. The number of carbonyl (C=O) groups is 1. The Morgan fingerprint density at radius 2 is 1.65 bits per heavy atom. The third-order valence-corrected chi connectivity index (χ3v) is 7.52. The summed E-state index contributed by atoms with van der Waals surface area (Å²) in [5.41, 5.74) is 6.18. The second-order valence-corrected chi connectivity index (χ2v) is 10.4. The molecule has 2 aliphatic rings. The maximum Gasteiger partial charge on any atom is 0.289 e. The Balaban J connectivity index is 1.27. The summed E-state index contributed by atoms with van der Waals surface area (Å²) in [6.07, 6.45) is 2.81. The lowest BCUT2D eigenvalue weighted by molar-refractivity contribution is 0.265. The van der Waals surface area contributed by atoms with Crippen LogP contribution < -0.4 is 15.1 Å². The molecule has 0 bridgehead atoms. The van der Waals surface area contributed by atoms with E-state index in [2.05, 4.69) is 88.1 Å². The molecular formula is C33H28N4O2S. The predicted octanol–water partition coefficient (Wildman–Crippen LogP) is 7.97. The molecule has 1 unspecified atom stereocenters. The number of nitrogens with zero attached hydrogens (tertiary/aromatic N) is 3. The van der Waals surface area contributed by atoms with Gasteiger partial charge in [-0.15, -0.1) is 0 Å². The van der Waals surface area contributed by atoms with Gasteiger partial charge < -0.3 is 10.1 Å². The molecule has 6 rings (SSSR count). The maximum absolute atomic E-state index is 12.2. The van der Waals surface area contributed by atoms with Gasteiger partial charge in [0.05, 0.1) is 34.6 Å². The fraction of sp³-hybridized carbons (Fsp3) is 0.121. The van der Waals surface area contributed by atoms with Gasteiger partial charge in [-0.1, -0.05) is 72.8 Å². The van der Waals surface area contributed by atoms with Gasteiger partial charge in [-0.05, 0) is 77.9 Å². The van der Waals surface area contributed by atoms with Crippen LogP contribution in [0.2, 0.25) is 0 Å². The van der Waals surface area contributed by atoms with Crippen molar-refractivity contribution in [2.75, 3.05) is 11.6 Å². The Morgan fingerprint density at radius 3 is 2.35 bits per heavy atom. The first kappa shape index (κ1) is 25.6. The summed E-state index contributed by atoms with van der Waals surface area (Å²) in [4.78, 5) is 17.7. The topological polar surface area (TPSA) is 66.3 Å². The predicted molar refractivity (Wildman–Crippen MR) is 165 cm³/mol. The summed E-state index contributed by atoms with van der Waals surface area (Å²) < 4.78 is 5.51. The van der Waals surface area contributed by atoms with Crippen molar-refractivity contribution in [3.8, 4) is 5.75 Å². The molecule has 4 aromatic rings. The molecule has 198 valence electrons. The third-order valence-electron chi connectivity index (χ3n) is 6.70. The van der Waals surface area contributed by atoms with Gasteiger partial charge in [0.1, 0.15) is 11.6 Å². The molecule has 7 heteroatoms. The largest absolute Gasteiger partial charge is 0.494 e. The van der Waals surface area contributed by atoms with Crippen LogP contribution in [0.5, 0.6) is 5.75 Å². The van der Waals surface area contributed by atoms with E-state index in [-0.39, 0.29) is 11.3 Å². The zero-order valence-corrected chi connectivity index (χ0v) is 22.8. The summed E-state index contributed by atoms with van der Waals surface area (Å²) in [5, 5.41) is 9.89. The summed E-state index contributed by atoms with van der Waals surface area (Å²) >= 11 is 1.15. The molecule has 1 amide bonds. The van der Waals surface area contributed by atoms with E-state index in [0.29, 0.717) is 12.4 Å². The molecule has 1 fully saturated rings. The Hall–Kier alpha value is -4.62. The molecule has 1 saturated heterocycles. The Bertz CT molecular complexity index is 1580.